The number of rotatable bonds is 10. The van der Waals surface area contributed by atoms with Crippen molar-refractivity contribution in [1.29, 1.82) is 0 Å². The molecule has 5 nitrogen and oxygen atoms in total. The van der Waals surface area contributed by atoms with Gasteiger partial charge in [-0.15, -0.1) is 23.5 Å². The van der Waals surface area contributed by atoms with Crippen LogP contribution in [-0.4, -0.2) is 49.1 Å². The number of hydrogen-bond donors (Lipinski definition) is 0. The number of methoxy groups -OCH3 is 2. The van der Waals surface area contributed by atoms with E-state index in [1.165, 1.54) is 5.41 Å². The van der Waals surface area contributed by atoms with E-state index in [-0.39, 0.29) is 14.5 Å². The molecule has 0 atom stereocenters. The van der Waals surface area contributed by atoms with Crippen LogP contribution in [0.15, 0.2) is 58.9 Å². The van der Waals surface area contributed by atoms with E-state index >= 15 is 0 Å². The van der Waals surface area contributed by atoms with E-state index in [0.29, 0.717) is 12.4 Å². The van der Waals surface area contributed by atoms with Gasteiger partial charge >= 0.3 is 0 Å². The third-order valence-corrected chi connectivity index (χ3v) is 16.2. The number of hydrogen-bond acceptors (Lipinski definition) is 7. The van der Waals surface area contributed by atoms with Gasteiger partial charge in [-0.1, -0.05) is 44.5 Å². The fourth-order valence-corrected chi connectivity index (χ4v) is 8.82. The van der Waals surface area contributed by atoms with E-state index in [4.69, 9.17) is 13.9 Å². The van der Waals surface area contributed by atoms with Crippen LogP contribution < -0.4 is 9.47 Å². The molecule has 2 aromatic carbocycles. The lowest BCUT2D eigenvalue weighted by atomic mass is 9.97. The summed E-state index contributed by atoms with van der Waals surface area (Å²) in [6.07, 6.45) is 4.83. The molecule has 39 heavy (non-hydrogen) atoms. The molecule has 0 amide bonds. The highest BCUT2D eigenvalue weighted by Crippen LogP contribution is 2.51. The fourth-order valence-electron chi connectivity index (χ4n) is 3.89. The van der Waals surface area contributed by atoms with Crippen LogP contribution in [0.5, 0.6) is 11.5 Å². The molecule has 0 saturated carbocycles. The first-order valence-electron chi connectivity index (χ1n) is 13.1. The second-order valence-electron chi connectivity index (χ2n) is 11.1. The molecule has 1 aliphatic rings. The van der Waals surface area contributed by atoms with Crippen molar-refractivity contribution in [2.45, 2.75) is 61.7 Å². The Kier molecular flexibility index (Phi) is 10.9. The number of thioether (sulfide) groups is 2. The summed E-state index contributed by atoms with van der Waals surface area (Å²) in [7, 11) is -2.37. The Bertz CT molecular complexity index is 1290. The molecule has 0 unspecified atom stereocenters. The van der Waals surface area contributed by atoms with Crippen LogP contribution in [0.2, 0.25) is 18.1 Å². The molecule has 3 rings (SSSR count). The number of aryl methyl sites for hydroxylation is 1. The van der Waals surface area contributed by atoms with Gasteiger partial charge in [0.15, 0.2) is 18.2 Å². The molecule has 2 aromatic rings. The molecule has 0 aromatic heterocycles. The Morgan fingerprint density at radius 2 is 1.59 bits per heavy atom. The lowest BCUT2D eigenvalue weighted by Crippen LogP contribution is -2.40. The summed E-state index contributed by atoms with van der Waals surface area (Å²) >= 11 is 3.77. The molecule has 0 N–H and O–H groups in total. The van der Waals surface area contributed by atoms with E-state index in [0.717, 1.165) is 45.9 Å². The van der Waals surface area contributed by atoms with Crippen LogP contribution in [0, 0.1) is 6.92 Å². The van der Waals surface area contributed by atoms with Gasteiger partial charge in [0, 0.05) is 16.5 Å². The zero-order chi connectivity index (χ0) is 28.8. The number of sulfone groups is 1. The lowest BCUT2D eigenvalue weighted by molar-refractivity contribution is 0.328. The van der Waals surface area contributed by atoms with Crippen molar-refractivity contribution in [2.24, 2.45) is 0 Å². The monoisotopic (exact) mass is 606 g/mol. The third kappa shape index (κ3) is 7.97. The van der Waals surface area contributed by atoms with Gasteiger partial charge in [-0.25, -0.2) is 8.42 Å². The van der Waals surface area contributed by atoms with Gasteiger partial charge in [-0.2, -0.15) is 0 Å². The fraction of sp³-hybridized carbons (Fsp3) is 0.467. The molecule has 214 valence electrons. The van der Waals surface area contributed by atoms with Crippen LogP contribution in [0.4, 0.5) is 0 Å². The smallest absolute Gasteiger partial charge is 0.199 e. The van der Waals surface area contributed by atoms with E-state index in [9.17, 15) is 8.42 Å². The molecular weight excluding hydrogens is 565 g/mol. The maximum atomic E-state index is 13.3. The highest BCUT2D eigenvalue weighted by Gasteiger charge is 2.37. The average Bonchev–Trinajstić information content (AvgIpc) is 2.89. The van der Waals surface area contributed by atoms with Crippen molar-refractivity contribution in [1.82, 2.24) is 0 Å². The SMILES string of the molecule is COc1ccc(OC)c(C2SCCCS2)c1C(/C=C\S(=O)(=O)c1ccc(C)cc1)=C\CO[Si](C)(C)C(C)(C)C. The minimum absolute atomic E-state index is 0.0554. The standard InChI is InChI=1S/C30H42O5S3Si/c1-22-10-12-24(13-11-22)38(31,32)21-17-23(16-18-35-39(7,8)30(2,3)4)27-25(33-5)14-15-26(34-6)28(27)29-36-19-9-20-37-29/h10-17,21,29H,9,18-20H2,1-8H3/b21-17-,23-16-. The Labute approximate surface area is 244 Å². The van der Waals surface area contributed by atoms with Gasteiger partial charge < -0.3 is 13.9 Å². The predicted molar refractivity (Wildman–Crippen MR) is 170 cm³/mol. The van der Waals surface area contributed by atoms with Crippen molar-refractivity contribution in [2.75, 3.05) is 32.3 Å². The topological polar surface area (TPSA) is 61.8 Å². The van der Waals surface area contributed by atoms with Crippen molar-refractivity contribution in [3.63, 3.8) is 0 Å². The summed E-state index contributed by atoms with van der Waals surface area (Å²) in [5, 5.41) is 1.35. The molecule has 0 aliphatic carbocycles. The number of benzene rings is 2. The molecular formula is C30H42O5S3Si. The molecule has 9 heteroatoms. The summed E-state index contributed by atoms with van der Waals surface area (Å²) in [4.78, 5) is 0.262. The number of ether oxygens (including phenoxy) is 2. The summed E-state index contributed by atoms with van der Waals surface area (Å²) in [5.41, 5.74) is 3.61. The van der Waals surface area contributed by atoms with Crippen LogP contribution in [0.25, 0.3) is 5.57 Å². The van der Waals surface area contributed by atoms with Crippen LogP contribution in [0.3, 0.4) is 0 Å². The van der Waals surface area contributed by atoms with E-state index in [1.807, 2.05) is 60.8 Å². The van der Waals surface area contributed by atoms with Crippen LogP contribution >= 0.6 is 23.5 Å². The zero-order valence-electron chi connectivity index (χ0n) is 24.4. The summed E-state index contributed by atoms with van der Waals surface area (Å²) in [5.74, 6) is 3.56. The minimum Gasteiger partial charge on any atom is -0.496 e. The third-order valence-electron chi connectivity index (χ3n) is 7.29. The van der Waals surface area contributed by atoms with Gasteiger partial charge in [-0.05, 0) is 78.9 Å². The van der Waals surface area contributed by atoms with Gasteiger partial charge in [0.2, 0.25) is 0 Å². The highest BCUT2D eigenvalue weighted by molar-refractivity contribution is 8.16. The van der Waals surface area contributed by atoms with Crippen LogP contribution in [0.1, 0.15) is 48.5 Å². The summed E-state index contributed by atoms with van der Waals surface area (Å²) in [6.45, 7) is 13.4. The first-order valence-corrected chi connectivity index (χ1v) is 19.7. The molecule has 1 fully saturated rings. The second-order valence-corrected chi connectivity index (χ2v) is 20.4. The van der Waals surface area contributed by atoms with Gasteiger partial charge in [0.05, 0.1) is 30.3 Å². The van der Waals surface area contributed by atoms with Gasteiger partial charge in [-0.3, -0.25) is 0 Å². The maximum Gasteiger partial charge on any atom is 0.199 e. The van der Waals surface area contributed by atoms with E-state index in [1.54, 1.807) is 32.4 Å². The normalized spacial score (nSPS) is 16.1. The number of allylic oxidation sites excluding steroid dienone is 2. The molecule has 1 heterocycles. The lowest BCUT2D eigenvalue weighted by Gasteiger charge is -2.35. The second kappa shape index (κ2) is 13.3. The summed E-state index contributed by atoms with van der Waals surface area (Å²) in [6, 6.07) is 10.7. The van der Waals surface area contributed by atoms with Crippen LogP contribution in [-0.2, 0) is 14.3 Å². The largest absolute Gasteiger partial charge is 0.496 e. The quantitative estimate of drug-likeness (QED) is 0.199. The molecule has 1 aliphatic heterocycles. The van der Waals surface area contributed by atoms with Gasteiger partial charge in [0.25, 0.3) is 0 Å². The first kappa shape index (κ1) is 31.9. The van der Waals surface area contributed by atoms with Gasteiger partial charge in [0.1, 0.15) is 11.5 Å². The Morgan fingerprint density at radius 1 is 1.00 bits per heavy atom. The molecule has 0 bridgehead atoms. The molecule has 0 spiro atoms. The molecule has 0 radical (unpaired) electrons. The van der Waals surface area contributed by atoms with Crippen molar-refractivity contribution in [3.05, 3.63) is 70.6 Å². The average molecular weight is 607 g/mol. The Balaban J connectivity index is 2.17. The minimum atomic E-state index is -3.67. The first-order chi connectivity index (χ1) is 18.3. The Hall–Kier alpha value is -1.65. The molecule has 1 saturated heterocycles. The highest BCUT2D eigenvalue weighted by atomic mass is 32.2. The summed E-state index contributed by atoms with van der Waals surface area (Å²) < 4.78 is 44.9. The Morgan fingerprint density at radius 3 is 2.15 bits per heavy atom. The maximum absolute atomic E-state index is 13.3. The zero-order valence-corrected chi connectivity index (χ0v) is 27.8. The van der Waals surface area contributed by atoms with Crippen molar-refractivity contribution < 1.29 is 22.3 Å². The van der Waals surface area contributed by atoms with E-state index in [2.05, 4.69) is 33.9 Å². The predicted octanol–water partition coefficient (Wildman–Crippen LogP) is 8.27. The van der Waals surface area contributed by atoms with E-state index < -0.39 is 18.2 Å². The van der Waals surface area contributed by atoms with Crippen molar-refractivity contribution in [3.8, 4) is 11.5 Å². The van der Waals surface area contributed by atoms with Crippen molar-refractivity contribution >= 4 is 47.3 Å².